The molecule has 0 aromatic heterocycles. The molecule has 5 N–H and O–H groups in total. The Morgan fingerprint density at radius 3 is 2.55 bits per heavy atom. The van der Waals surface area contributed by atoms with Crippen molar-refractivity contribution in [1.82, 2.24) is 10.6 Å². The number of aliphatic hydroxyl groups is 3. The fourth-order valence-electron chi connectivity index (χ4n) is 4.50. The molecule has 0 aromatic rings. The maximum Gasteiger partial charge on any atom is 0.237 e. The lowest BCUT2D eigenvalue weighted by molar-refractivity contribution is -0.208. The SMILES string of the molecule is CSC1OC(C(NC(=O)C2CC(CCC3SC=CS3)CCN2)C(C)C)C(O)C(O)C1O. The number of thioether (sulfide) groups is 3. The van der Waals surface area contributed by atoms with Crippen molar-refractivity contribution in [2.75, 3.05) is 12.8 Å². The maximum atomic E-state index is 13.1. The average Bonchev–Trinajstić information content (AvgIpc) is 3.29. The fourth-order valence-corrected chi connectivity index (χ4v) is 7.22. The first-order valence-corrected chi connectivity index (χ1v) is 14.2. The van der Waals surface area contributed by atoms with Gasteiger partial charge in [-0.25, -0.2) is 0 Å². The molecule has 1 amide bonds. The van der Waals surface area contributed by atoms with Gasteiger partial charge in [-0.15, -0.1) is 35.3 Å². The molecule has 10 heteroatoms. The van der Waals surface area contributed by atoms with E-state index in [-0.39, 0.29) is 17.9 Å². The number of hydrogen-bond acceptors (Lipinski definition) is 9. The number of piperidine rings is 1. The number of carbonyl (C=O) groups is 1. The second-order valence-electron chi connectivity index (χ2n) is 8.90. The van der Waals surface area contributed by atoms with Crippen LogP contribution in [0, 0.1) is 11.8 Å². The molecule has 2 fully saturated rings. The topological polar surface area (TPSA) is 111 Å². The predicted molar refractivity (Wildman–Crippen MR) is 129 cm³/mol. The van der Waals surface area contributed by atoms with Crippen molar-refractivity contribution in [3.8, 4) is 0 Å². The van der Waals surface area contributed by atoms with Crippen molar-refractivity contribution in [3.05, 3.63) is 10.8 Å². The smallest absolute Gasteiger partial charge is 0.237 e. The molecule has 0 aliphatic carbocycles. The first-order valence-electron chi connectivity index (χ1n) is 11.0. The molecule has 0 bridgehead atoms. The lowest BCUT2D eigenvalue weighted by Gasteiger charge is -2.44. The van der Waals surface area contributed by atoms with Gasteiger partial charge in [0.15, 0.2) is 0 Å². The molecule has 8 unspecified atom stereocenters. The molecule has 31 heavy (non-hydrogen) atoms. The van der Waals surface area contributed by atoms with Gasteiger partial charge in [-0.3, -0.25) is 4.79 Å². The van der Waals surface area contributed by atoms with Gasteiger partial charge in [-0.1, -0.05) is 13.8 Å². The van der Waals surface area contributed by atoms with Gasteiger partial charge in [-0.05, 0) is 61.1 Å². The summed E-state index contributed by atoms with van der Waals surface area (Å²) < 4.78 is 6.52. The van der Waals surface area contributed by atoms with Gasteiger partial charge < -0.3 is 30.7 Å². The first kappa shape index (κ1) is 25.7. The number of nitrogens with one attached hydrogen (secondary N) is 2. The van der Waals surface area contributed by atoms with E-state index < -0.39 is 35.9 Å². The van der Waals surface area contributed by atoms with Crippen LogP contribution in [0.4, 0.5) is 0 Å². The van der Waals surface area contributed by atoms with Crippen LogP contribution in [0.5, 0.6) is 0 Å². The van der Waals surface area contributed by atoms with Crippen LogP contribution in [0.2, 0.25) is 0 Å². The highest BCUT2D eigenvalue weighted by Gasteiger charge is 2.47. The number of rotatable bonds is 8. The highest BCUT2D eigenvalue weighted by atomic mass is 32.2. The molecule has 3 aliphatic rings. The molecule has 0 spiro atoms. The quantitative estimate of drug-likeness (QED) is 0.346. The third-order valence-electron chi connectivity index (χ3n) is 6.38. The monoisotopic (exact) mass is 492 g/mol. The van der Waals surface area contributed by atoms with Crippen LogP contribution in [0.3, 0.4) is 0 Å². The summed E-state index contributed by atoms with van der Waals surface area (Å²) in [6.45, 7) is 4.73. The second-order valence-corrected chi connectivity index (χ2v) is 12.4. The van der Waals surface area contributed by atoms with Crippen molar-refractivity contribution >= 4 is 41.2 Å². The van der Waals surface area contributed by atoms with Gasteiger partial charge in [0, 0.05) is 0 Å². The van der Waals surface area contributed by atoms with Crippen LogP contribution < -0.4 is 10.6 Å². The minimum absolute atomic E-state index is 0.0168. The van der Waals surface area contributed by atoms with E-state index in [1.54, 1.807) is 6.26 Å². The fraction of sp³-hybridized carbons (Fsp3) is 0.857. The van der Waals surface area contributed by atoms with Crippen molar-refractivity contribution in [2.24, 2.45) is 11.8 Å². The summed E-state index contributed by atoms with van der Waals surface area (Å²) in [5.74, 6) is 0.411. The summed E-state index contributed by atoms with van der Waals surface area (Å²) in [5, 5.41) is 41.7. The van der Waals surface area contributed by atoms with Gasteiger partial charge in [0.2, 0.25) is 5.91 Å². The minimum Gasteiger partial charge on any atom is -0.388 e. The van der Waals surface area contributed by atoms with Crippen molar-refractivity contribution in [3.63, 3.8) is 0 Å². The van der Waals surface area contributed by atoms with E-state index in [0.717, 1.165) is 32.2 Å². The van der Waals surface area contributed by atoms with E-state index in [0.29, 0.717) is 10.5 Å². The maximum absolute atomic E-state index is 13.1. The molecule has 3 heterocycles. The molecule has 178 valence electrons. The highest BCUT2D eigenvalue weighted by molar-refractivity contribution is 8.22. The average molecular weight is 493 g/mol. The number of amides is 1. The van der Waals surface area contributed by atoms with Gasteiger partial charge in [0.25, 0.3) is 0 Å². The van der Waals surface area contributed by atoms with Crippen molar-refractivity contribution < 1.29 is 24.9 Å². The van der Waals surface area contributed by atoms with Crippen LogP contribution in [-0.2, 0) is 9.53 Å². The zero-order chi connectivity index (χ0) is 22.5. The first-order chi connectivity index (χ1) is 14.8. The Bertz CT molecular complexity index is 616. The van der Waals surface area contributed by atoms with Crippen molar-refractivity contribution in [1.29, 1.82) is 0 Å². The third-order valence-corrected chi connectivity index (χ3v) is 9.73. The predicted octanol–water partition coefficient (Wildman–Crippen LogP) is 1.72. The second kappa shape index (κ2) is 12.0. The zero-order valence-corrected chi connectivity index (χ0v) is 20.8. The Hall–Kier alpha value is 0.0600. The minimum atomic E-state index is -1.31. The molecular formula is C21H36N2O5S3. The van der Waals surface area contributed by atoms with E-state index in [4.69, 9.17) is 4.74 Å². The third kappa shape index (κ3) is 6.56. The summed E-state index contributed by atoms with van der Waals surface area (Å²) in [5.41, 5.74) is -0.653. The Labute approximate surface area is 197 Å². The summed E-state index contributed by atoms with van der Waals surface area (Å²) in [7, 11) is 0. The Morgan fingerprint density at radius 1 is 1.19 bits per heavy atom. The van der Waals surface area contributed by atoms with E-state index in [1.165, 1.54) is 11.8 Å². The van der Waals surface area contributed by atoms with E-state index in [1.807, 2.05) is 37.4 Å². The van der Waals surface area contributed by atoms with Crippen LogP contribution in [0.1, 0.15) is 39.5 Å². The van der Waals surface area contributed by atoms with Gasteiger partial charge >= 0.3 is 0 Å². The van der Waals surface area contributed by atoms with Crippen LogP contribution >= 0.6 is 35.3 Å². The molecule has 7 nitrogen and oxygen atoms in total. The summed E-state index contributed by atoms with van der Waals surface area (Å²) in [6.07, 6.45) is 1.39. The molecule has 2 saturated heterocycles. The zero-order valence-electron chi connectivity index (χ0n) is 18.3. The molecule has 0 saturated carbocycles. The van der Waals surface area contributed by atoms with Crippen LogP contribution in [0.15, 0.2) is 10.8 Å². The Kier molecular flexibility index (Phi) is 9.91. The lowest BCUT2D eigenvalue weighted by atomic mass is 9.86. The molecule has 0 aromatic carbocycles. The largest absolute Gasteiger partial charge is 0.388 e. The number of carbonyl (C=O) groups excluding carboxylic acids is 1. The summed E-state index contributed by atoms with van der Waals surface area (Å²) in [4.78, 5) is 13.1. The van der Waals surface area contributed by atoms with Gasteiger partial charge in [-0.2, -0.15) is 0 Å². The standard InChI is InChI=1S/C21H36N2O5S3/c1-11(2)15(19-17(25)16(24)18(26)21(28-19)29-3)23-20(27)13-10-12(6-7-22-13)4-5-14-30-8-9-31-14/h8-9,11-19,21-22,24-26H,4-7,10H2,1-3H3,(H,23,27). The summed E-state index contributed by atoms with van der Waals surface area (Å²) in [6, 6.07) is -0.742. The summed E-state index contributed by atoms with van der Waals surface area (Å²) >= 11 is 5.04. The Morgan fingerprint density at radius 2 is 1.90 bits per heavy atom. The molecule has 8 atom stereocenters. The van der Waals surface area contributed by atoms with Gasteiger partial charge in [0.05, 0.1) is 16.7 Å². The molecule has 0 radical (unpaired) electrons. The van der Waals surface area contributed by atoms with Gasteiger partial charge in [0.1, 0.15) is 29.9 Å². The number of aliphatic hydroxyl groups excluding tert-OH is 3. The van der Waals surface area contributed by atoms with Crippen LogP contribution in [0.25, 0.3) is 0 Å². The normalized spacial score (nSPS) is 37.8. The number of hydrogen-bond donors (Lipinski definition) is 5. The van der Waals surface area contributed by atoms with E-state index in [2.05, 4.69) is 21.4 Å². The highest BCUT2D eigenvalue weighted by Crippen LogP contribution is 2.38. The number of ether oxygens (including phenoxy) is 1. The van der Waals surface area contributed by atoms with Crippen molar-refractivity contribution in [2.45, 2.75) is 86.0 Å². The lowest BCUT2D eigenvalue weighted by Crippen LogP contribution is -2.65. The molecular weight excluding hydrogens is 456 g/mol. The van der Waals surface area contributed by atoms with Crippen LogP contribution in [-0.4, -0.2) is 80.5 Å². The van der Waals surface area contributed by atoms with E-state index in [9.17, 15) is 20.1 Å². The Balaban J connectivity index is 1.58. The van der Waals surface area contributed by atoms with E-state index >= 15 is 0 Å². The molecule has 3 aliphatic heterocycles. The molecule has 3 rings (SSSR count).